The number of hydrogen-bond donors (Lipinski definition) is 1. The summed E-state index contributed by atoms with van der Waals surface area (Å²) in [5, 5.41) is 11.7. The Labute approximate surface area is 126 Å². The average molecular weight is 284 g/mol. The van der Waals surface area contributed by atoms with Crippen molar-refractivity contribution in [1.29, 1.82) is 0 Å². The number of aromatic nitrogens is 3. The van der Waals surface area contributed by atoms with Gasteiger partial charge in [-0.2, -0.15) is 0 Å². The van der Waals surface area contributed by atoms with Gasteiger partial charge in [0.25, 0.3) is 0 Å². The SMILES string of the molecule is Cn1cnnc1-c1ccc(NC2CCC(C)(C)CC2)cc1. The molecule has 3 rings (SSSR count). The third kappa shape index (κ3) is 3.26. The lowest BCUT2D eigenvalue weighted by Crippen LogP contribution is -2.29. The van der Waals surface area contributed by atoms with E-state index in [-0.39, 0.29) is 0 Å². The van der Waals surface area contributed by atoms with E-state index < -0.39 is 0 Å². The zero-order valence-corrected chi connectivity index (χ0v) is 13.1. The lowest BCUT2D eigenvalue weighted by Gasteiger charge is -2.35. The number of aryl methyl sites for hydroxylation is 1. The second-order valence-corrected chi connectivity index (χ2v) is 6.93. The van der Waals surface area contributed by atoms with E-state index in [0.717, 1.165) is 11.4 Å². The summed E-state index contributed by atoms with van der Waals surface area (Å²) in [4.78, 5) is 0. The zero-order chi connectivity index (χ0) is 14.9. The largest absolute Gasteiger partial charge is 0.382 e. The molecule has 0 spiro atoms. The maximum atomic E-state index is 4.14. The van der Waals surface area contributed by atoms with Crippen LogP contribution in [0.1, 0.15) is 39.5 Å². The molecule has 4 heteroatoms. The van der Waals surface area contributed by atoms with Crippen molar-refractivity contribution in [2.24, 2.45) is 12.5 Å². The Hall–Kier alpha value is -1.84. The van der Waals surface area contributed by atoms with Crippen LogP contribution in [0.2, 0.25) is 0 Å². The van der Waals surface area contributed by atoms with Crippen molar-refractivity contribution in [2.45, 2.75) is 45.6 Å². The predicted octanol–water partition coefficient (Wildman–Crippen LogP) is 3.86. The number of anilines is 1. The molecule has 21 heavy (non-hydrogen) atoms. The molecule has 0 saturated heterocycles. The highest BCUT2D eigenvalue weighted by Crippen LogP contribution is 2.36. The van der Waals surface area contributed by atoms with Gasteiger partial charge in [-0.05, 0) is 55.4 Å². The molecule has 2 aromatic rings. The zero-order valence-electron chi connectivity index (χ0n) is 13.1. The number of nitrogens with one attached hydrogen (secondary N) is 1. The summed E-state index contributed by atoms with van der Waals surface area (Å²) in [5.74, 6) is 0.904. The van der Waals surface area contributed by atoms with Gasteiger partial charge in [0.1, 0.15) is 6.33 Å². The fraction of sp³-hybridized carbons (Fsp3) is 0.529. The molecule has 4 nitrogen and oxygen atoms in total. The molecule has 0 bridgehead atoms. The van der Waals surface area contributed by atoms with Gasteiger partial charge in [-0.3, -0.25) is 0 Å². The summed E-state index contributed by atoms with van der Waals surface area (Å²) in [7, 11) is 1.96. The van der Waals surface area contributed by atoms with Crippen LogP contribution in [0.4, 0.5) is 5.69 Å². The molecule has 0 unspecified atom stereocenters. The highest BCUT2D eigenvalue weighted by Gasteiger charge is 2.26. The highest BCUT2D eigenvalue weighted by molar-refractivity contribution is 5.59. The molecule has 112 valence electrons. The fourth-order valence-corrected chi connectivity index (χ4v) is 3.04. The van der Waals surface area contributed by atoms with Crippen LogP contribution in [-0.4, -0.2) is 20.8 Å². The summed E-state index contributed by atoms with van der Waals surface area (Å²) in [6.07, 6.45) is 6.87. The summed E-state index contributed by atoms with van der Waals surface area (Å²) < 4.78 is 1.94. The Bertz CT molecular complexity index is 588. The van der Waals surface area contributed by atoms with Crippen molar-refractivity contribution in [3.63, 3.8) is 0 Å². The molecule has 1 fully saturated rings. The minimum atomic E-state index is 0.521. The normalized spacial score (nSPS) is 18.6. The second-order valence-electron chi connectivity index (χ2n) is 6.93. The van der Waals surface area contributed by atoms with Crippen molar-refractivity contribution in [2.75, 3.05) is 5.32 Å². The van der Waals surface area contributed by atoms with Crippen LogP contribution in [0, 0.1) is 5.41 Å². The smallest absolute Gasteiger partial charge is 0.163 e. The summed E-state index contributed by atoms with van der Waals surface area (Å²) in [6, 6.07) is 9.12. The van der Waals surface area contributed by atoms with E-state index in [1.165, 1.54) is 31.4 Å². The first kappa shape index (κ1) is 14.1. The molecular formula is C17H24N4. The van der Waals surface area contributed by atoms with Gasteiger partial charge in [-0.15, -0.1) is 10.2 Å². The first-order valence-corrected chi connectivity index (χ1v) is 7.74. The van der Waals surface area contributed by atoms with E-state index in [0.29, 0.717) is 11.5 Å². The van der Waals surface area contributed by atoms with Gasteiger partial charge < -0.3 is 9.88 Å². The van der Waals surface area contributed by atoms with E-state index in [2.05, 4.69) is 53.6 Å². The van der Waals surface area contributed by atoms with Gasteiger partial charge in [0.15, 0.2) is 5.82 Å². The van der Waals surface area contributed by atoms with Gasteiger partial charge >= 0.3 is 0 Å². The predicted molar refractivity (Wildman–Crippen MR) is 86.1 cm³/mol. The monoisotopic (exact) mass is 284 g/mol. The van der Waals surface area contributed by atoms with Crippen LogP contribution >= 0.6 is 0 Å². The first-order valence-electron chi connectivity index (χ1n) is 7.74. The molecule has 0 atom stereocenters. The van der Waals surface area contributed by atoms with E-state index in [1.54, 1.807) is 6.33 Å². The Kier molecular flexibility index (Phi) is 3.70. The lowest BCUT2D eigenvalue weighted by atomic mass is 9.75. The standard InChI is InChI=1S/C17H24N4/c1-17(2)10-8-15(9-11-17)19-14-6-4-13(5-7-14)16-20-18-12-21(16)3/h4-7,12,15,19H,8-11H2,1-3H3. The van der Waals surface area contributed by atoms with Crippen molar-refractivity contribution in [3.8, 4) is 11.4 Å². The molecule has 1 aliphatic rings. The van der Waals surface area contributed by atoms with Gasteiger partial charge in [0.2, 0.25) is 0 Å². The second kappa shape index (κ2) is 5.51. The van der Waals surface area contributed by atoms with Crippen LogP contribution in [0.3, 0.4) is 0 Å². The van der Waals surface area contributed by atoms with Gasteiger partial charge in [0, 0.05) is 24.3 Å². The van der Waals surface area contributed by atoms with Crippen LogP contribution in [-0.2, 0) is 7.05 Å². The van der Waals surface area contributed by atoms with Crippen LogP contribution < -0.4 is 5.32 Å². The van der Waals surface area contributed by atoms with E-state index >= 15 is 0 Å². The molecule has 1 heterocycles. The van der Waals surface area contributed by atoms with Crippen molar-refractivity contribution in [1.82, 2.24) is 14.8 Å². The van der Waals surface area contributed by atoms with Gasteiger partial charge in [0.05, 0.1) is 0 Å². The molecule has 1 N–H and O–H groups in total. The van der Waals surface area contributed by atoms with Crippen LogP contribution in [0.25, 0.3) is 11.4 Å². The van der Waals surface area contributed by atoms with Crippen LogP contribution in [0.5, 0.6) is 0 Å². The molecule has 1 saturated carbocycles. The first-order chi connectivity index (χ1) is 10.0. The quantitative estimate of drug-likeness (QED) is 0.930. The Morgan fingerprint density at radius 3 is 2.38 bits per heavy atom. The Morgan fingerprint density at radius 2 is 1.81 bits per heavy atom. The minimum Gasteiger partial charge on any atom is -0.382 e. The molecule has 1 aliphatic carbocycles. The Morgan fingerprint density at radius 1 is 1.14 bits per heavy atom. The van der Waals surface area contributed by atoms with E-state index in [9.17, 15) is 0 Å². The Balaban J connectivity index is 1.64. The maximum Gasteiger partial charge on any atom is 0.163 e. The molecule has 0 radical (unpaired) electrons. The molecule has 0 amide bonds. The summed E-state index contributed by atoms with van der Waals surface area (Å²) in [6.45, 7) is 4.75. The molecular weight excluding hydrogens is 260 g/mol. The topological polar surface area (TPSA) is 42.7 Å². The lowest BCUT2D eigenvalue weighted by molar-refractivity contribution is 0.232. The van der Waals surface area contributed by atoms with E-state index in [1.807, 2.05) is 11.6 Å². The molecule has 1 aromatic carbocycles. The number of nitrogens with zero attached hydrogens (tertiary/aromatic N) is 3. The van der Waals surface area contributed by atoms with Crippen molar-refractivity contribution in [3.05, 3.63) is 30.6 Å². The van der Waals surface area contributed by atoms with E-state index in [4.69, 9.17) is 0 Å². The average Bonchev–Trinajstić information content (AvgIpc) is 2.88. The summed E-state index contributed by atoms with van der Waals surface area (Å²) >= 11 is 0. The number of rotatable bonds is 3. The third-order valence-electron chi connectivity index (χ3n) is 4.56. The number of benzene rings is 1. The van der Waals surface area contributed by atoms with Gasteiger partial charge in [-0.25, -0.2) is 0 Å². The highest BCUT2D eigenvalue weighted by atomic mass is 15.2. The number of hydrogen-bond acceptors (Lipinski definition) is 3. The van der Waals surface area contributed by atoms with Crippen molar-refractivity contribution < 1.29 is 0 Å². The van der Waals surface area contributed by atoms with Gasteiger partial charge in [-0.1, -0.05) is 13.8 Å². The molecule has 0 aliphatic heterocycles. The van der Waals surface area contributed by atoms with Crippen LogP contribution in [0.15, 0.2) is 30.6 Å². The molecule has 1 aromatic heterocycles. The maximum absolute atomic E-state index is 4.14. The van der Waals surface area contributed by atoms with Crippen molar-refractivity contribution >= 4 is 5.69 Å². The summed E-state index contributed by atoms with van der Waals surface area (Å²) in [5.41, 5.74) is 2.82. The minimum absolute atomic E-state index is 0.521. The fourth-order valence-electron chi connectivity index (χ4n) is 3.04. The third-order valence-corrected chi connectivity index (χ3v) is 4.56.